The molecular weight excluding hydrogens is 126 g/mol. The average molecular weight is 144 g/mol. The Labute approximate surface area is 63.1 Å². The SMILES string of the molecule is C[C@@H]1C[N+](C)(C)CC[C@H]1O. The van der Waals surface area contributed by atoms with Crippen molar-refractivity contribution in [2.75, 3.05) is 27.2 Å². The van der Waals surface area contributed by atoms with Crippen LogP contribution in [0.1, 0.15) is 13.3 Å². The number of hydrogen-bond acceptors (Lipinski definition) is 1. The van der Waals surface area contributed by atoms with Crippen LogP contribution in [0.25, 0.3) is 0 Å². The summed E-state index contributed by atoms with van der Waals surface area (Å²) in [7, 11) is 4.45. The predicted octanol–water partition coefficient (Wildman–Crippen LogP) is 0.464. The minimum absolute atomic E-state index is 0.0499. The van der Waals surface area contributed by atoms with E-state index in [1.165, 1.54) is 0 Å². The van der Waals surface area contributed by atoms with Gasteiger partial charge in [0.05, 0.1) is 33.3 Å². The van der Waals surface area contributed by atoms with Crippen LogP contribution in [0.4, 0.5) is 0 Å². The summed E-state index contributed by atoms with van der Waals surface area (Å²) in [6.07, 6.45) is 0.917. The highest BCUT2D eigenvalue weighted by molar-refractivity contribution is 4.68. The molecule has 2 heteroatoms. The Hall–Kier alpha value is -0.0800. The highest BCUT2D eigenvalue weighted by Crippen LogP contribution is 2.19. The lowest BCUT2D eigenvalue weighted by Crippen LogP contribution is -2.51. The van der Waals surface area contributed by atoms with Crippen LogP contribution in [0.5, 0.6) is 0 Å². The monoisotopic (exact) mass is 144 g/mol. The molecule has 60 valence electrons. The summed E-state index contributed by atoms with van der Waals surface area (Å²) in [6, 6.07) is 0. The second-order valence-electron chi connectivity index (χ2n) is 4.18. The summed E-state index contributed by atoms with van der Waals surface area (Å²) in [5.41, 5.74) is 0. The van der Waals surface area contributed by atoms with Gasteiger partial charge in [0, 0.05) is 12.3 Å². The zero-order valence-electron chi connectivity index (χ0n) is 7.17. The topological polar surface area (TPSA) is 20.2 Å². The van der Waals surface area contributed by atoms with Gasteiger partial charge in [-0.15, -0.1) is 0 Å². The van der Waals surface area contributed by atoms with Crippen LogP contribution in [0.15, 0.2) is 0 Å². The molecule has 0 saturated carbocycles. The Kier molecular flexibility index (Phi) is 2.02. The zero-order chi connectivity index (χ0) is 7.78. The predicted molar refractivity (Wildman–Crippen MR) is 41.6 cm³/mol. The molecule has 1 aliphatic heterocycles. The second kappa shape index (κ2) is 2.51. The van der Waals surface area contributed by atoms with E-state index in [0.717, 1.165) is 24.0 Å². The first kappa shape index (κ1) is 8.02. The van der Waals surface area contributed by atoms with Crippen molar-refractivity contribution in [2.24, 2.45) is 5.92 Å². The van der Waals surface area contributed by atoms with E-state index in [-0.39, 0.29) is 6.10 Å². The Balaban J connectivity index is 2.49. The smallest absolute Gasteiger partial charge is 0.0833 e. The molecule has 0 radical (unpaired) electrons. The Bertz CT molecular complexity index is 122. The molecule has 1 fully saturated rings. The molecule has 1 N–H and O–H groups in total. The van der Waals surface area contributed by atoms with E-state index in [4.69, 9.17) is 0 Å². The third kappa shape index (κ3) is 1.70. The fourth-order valence-corrected chi connectivity index (χ4v) is 1.76. The third-order valence-electron chi connectivity index (χ3n) is 2.47. The molecule has 0 unspecified atom stereocenters. The van der Waals surface area contributed by atoms with Gasteiger partial charge in [-0.1, -0.05) is 6.92 Å². The number of aliphatic hydroxyl groups is 1. The van der Waals surface area contributed by atoms with Gasteiger partial charge in [-0.25, -0.2) is 0 Å². The Morgan fingerprint density at radius 3 is 2.40 bits per heavy atom. The van der Waals surface area contributed by atoms with E-state index < -0.39 is 0 Å². The average Bonchev–Trinajstić information content (AvgIpc) is 1.79. The quantitative estimate of drug-likeness (QED) is 0.490. The van der Waals surface area contributed by atoms with E-state index >= 15 is 0 Å². The van der Waals surface area contributed by atoms with E-state index in [2.05, 4.69) is 21.0 Å². The van der Waals surface area contributed by atoms with Gasteiger partial charge in [0.15, 0.2) is 0 Å². The number of rotatable bonds is 0. The van der Waals surface area contributed by atoms with E-state index in [9.17, 15) is 5.11 Å². The van der Waals surface area contributed by atoms with Crippen LogP contribution < -0.4 is 0 Å². The molecule has 1 saturated heterocycles. The standard InChI is InChI=1S/C8H18NO/c1-7-6-9(2,3)5-4-8(7)10/h7-8,10H,4-6H2,1-3H3/q+1/t7-,8-/m1/s1. The number of nitrogens with zero attached hydrogens (tertiary/aromatic N) is 1. The molecule has 0 aromatic carbocycles. The lowest BCUT2D eigenvalue weighted by atomic mass is 9.96. The van der Waals surface area contributed by atoms with E-state index in [1.54, 1.807) is 0 Å². The summed E-state index contributed by atoms with van der Waals surface area (Å²) in [4.78, 5) is 0. The third-order valence-corrected chi connectivity index (χ3v) is 2.47. The first-order valence-electron chi connectivity index (χ1n) is 4.01. The molecule has 2 atom stereocenters. The lowest BCUT2D eigenvalue weighted by molar-refractivity contribution is -0.899. The number of quaternary nitrogens is 1. The lowest BCUT2D eigenvalue weighted by Gasteiger charge is -2.39. The molecule has 0 amide bonds. The number of likely N-dealkylation sites (tertiary alicyclic amines) is 1. The first-order chi connectivity index (χ1) is 4.51. The minimum Gasteiger partial charge on any atom is -0.392 e. The van der Waals surface area contributed by atoms with Crippen molar-refractivity contribution in [3.8, 4) is 0 Å². The van der Waals surface area contributed by atoms with Crippen molar-refractivity contribution in [3.63, 3.8) is 0 Å². The molecule has 1 rings (SSSR count). The highest BCUT2D eigenvalue weighted by Gasteiger charge is 2.30. The minimum atomic E-state index is -0.0499. The molecule has 2 nitrogen and oxygen atoms in total. The van der Waals surface area contributed by atoms with Gasteiger partial charge < -0.3 is 9.59 Å². The van der Waals surface area contributed by atoms with Crippen LogP contribution in [0, 0.1) is 5.92 Å². The maximum absolute atomic E-state index is 9.40. The second-order valence-corrected chi connectivity index (χ2v) is 4.18. The first-order valence-corrected chi connectivity index (χ1v) is 4.01. The van der Waals surface area contributed by atoms with Crippen LogP contribution in [-0.4, -0.2) is 42.9 Å². The highest BCUT2D eigenvalue weighted by atomic mass is 16.3. The largest absolute Gasteiger partial charge is 0.392 e. The normalized spacial score (nSPS) is 39.6. The van der Waals surface area contributed by atoms with Crippen molar-refractivity contribution in [2.45, 2.75) is 19.4 Å². The molecule has 0 aromatic rings. The van der Waals surface area contributed by atoms with Gasteiger partial charge in [-0.3, -0.25) is 0 Å². The molecular formula is C8H18NO+. The van der Waals surface area contributed by atoms with Crippen LogP contribution in [0.2, 0.25) is 0 Å². The maximum Gasteiger partial charge on any atom is 0.0833 e. The Morgan fingerprint density at radius 1 is 1.40 bits per heavy atom. The van der Waals surface area contributed by atoms with Gasteiger partial charge in [0.25, 0.3) is 0 Å². The fraction of sp³-hybridized carbons (Fsp3) is 1.00. The van der Waals surface area contributed by atoms with Crippen molar-refractivity contribution in [1.29, 1.82) is 0 Å². The molecule has 0 aliphatic carbocycles. The summed E-state index contributed by atoms with van der Waals surface area (Å²) >= 11 is 0. The number of piperidine rings is 1. The van der Waals surface area contributed by atoms with Crippen molar-refractivity contribution in [3.05, 3.63) is 0 Å². The molecule has 1 heterocycles. The van der Waals surface area contributed by atoms with E-state index in [0.29, 0.717) is 5.92 Å². The summed E-state index contributed by atoms with van der Waals surface area (Å²) < 4.78 is 1.07. The maximum atomic E-state index is 9.40. The molecule has 0 spiro atoms. The van der Waals surface area contributed by atoms with Gasteiger partial charge in [-0.2, -0.15) is 0 Å². The summed E-state index contributed by atoms with van der Waals surface area (Å²) in [5.74, 6) is 0.476. The zero-order valence-corrected chi connectivity index (χ0v) is 7.17. The van der Waals surface area contributed by atoms with Gasteiger partial charge in [0.1, 0.15) is 0 Å². The molecule has 0 bridgehead atoms. The van der Waals surface area contributed by atoms with Crippen molar-refractivity contribution < 1.29 is 9.59 Å². The van der Waals surface area contributed by atoms with Crippen LogP contribution >= 0.6 is 0 Å². The molecule has 0 aromatic heterocycles. The fourth-order valence-electron chi connectivity index (χ4n) is 1.76. The van der Waals surface area contributed by atoms with Gasteiger partial charge in [-0.05, 0) is 0 Å². The van der Waals surface area contributed by atoms with E-state index in [1.807, 2.05) is 0 Å². The Morgan fingerprint density at radius 2 is 2.00 bits per heavy atom. The van der Waals surface area contributed by atoms with Crippen molar-refractivity contribution >= 4 is 0 Å². The van der Waals surface area contributed by atoms with Crippen LogP contribution in [-0.2, 0) is 0 Å². The van der Waals surface area contributed by atoms with Gasteiger partial charge >= 0.3 is 0 Å². The summed E-state index contributed by atoms with van der Waals surface area (Å²) in [6.45, 7) is 4.36. The van der Waals surface area contributed by atoms with Gasteiger partial charge in [0.2, 0.25) is 0 Å². The molecule has 10 heavy (non-hydrogen) atoms. The number of aliphatic hydroxyl groups excluding tert-OH is 1. The van der Waals surface area contributed by atoms with Crippen molar-refractivity contribution in [1.82, 2.24) is 0 Å². The van der Waals surface area contributed by atoms with Crippen LogP contribution in [0.3, 0.4) is 0 Å². The molecule has 1 aliphatic rings. The summed E-state index contributed by atoms with van der Waals surface area (Å²) in [5, 5.41) is 9.40. The number of hydrogen-bond donors (Lipinski definition) is 1.